The van der Waals surface area contributed by atoms with E-state index < -0.39 is 11.9 Å². The van der Waals surface area contributed by atoms with Crippen molar-refractivity contribution in [2.75, 3.05) is 5.73 Å². The van der Waals surface area contributed by atoms with Crippen LogP contribution >= 0.6 is 0 Å². The Hall–Kier alpha value is -5.69. The molecule has 1 amide bonds. The Balaban J connectivity index is 1.49. The predicted molar refractivity (Wildman–Crippen MR) is 157 cm³/mol. The number of nitrogen functional groups attached to an aromatic ring is 1. The number of para-hydroxylation sites is 1. The van der Waals surface area contributed by atoms with Gasteiger partial charge < -0.3 is 11.1 Å². The second-order valence-corrected chi connectivity index (χ2v) is 9.69. The van der Waals surface area contributed by atoms with Crippen LogP contribution < -0.4 is 16.6 Å². The number of amides is 1. The van der Waals surface area contributed by atoms with Crippen molar-refractivity contribution in [3.63, 3.8) is 0 Å². The Morgan fingerprint density at radius 1 is 1.05 bits per heavy atom. The van der Waals surface area contributed by atoms with Crippen molar-refractivity contribution in [1.29, 1.82) is 0 Å². The number of carbonyl (C=O) groups excluding carboxylic acids is 1. The minimum atomic E-state index is -0.581. The van der Waals surface area contributed by atoms with E-state index in [0.29, 0.717) is 33.4 Å². The number of carbonyl (C=O) groups is 1. The number of benzene rings is 2. The number of fused-ring (bicyclic) bond motifs is 2. The highest BCUT2D eigenvalue weighted by Crippen LogP contribution is 2.24. The lowest BCUT2D eigenvalue weighted by molar-refractivity contribution is 0.0940. The SMILES string of the molecule is Cc1c(C#Cc2cccc3cc([C@@H](C)NC(=O)c4c(N)ncn5ccnc45)n(-c4ccccc4)c(=O)c23)cnn1C. The van der Waals surface area contributed by atoms with Crippen molar-refractivity contribution in [2.45, 2.75) is 19.9 Å². The zero-order valence-corrected chi connectivity index (χ0v) is 22.7. The molecule has 3 N–H and O–H groups in total. The fraction of sp³-hybridized carbons (Fsp3) is 0.129. The number of nitrogens with zero attached hydrogens (tertiary/aromatic N) is 6. The summed E-state index contributed by atoms with van der Waals surface area (Å²) in [4.78, 5) is 36.1. The number of imidazole rings is 1. The minimum absolute atomic E-state index is 0.0689. The molecule has 0 unspecified atom stereocenters. The van der Waals surface area contributed by atoms with Crippen LogP contribution in [0.3, 0.4) is 0 Å². The second-order valence-electron chi connectivity index (χ2n) is 9.69. The molecule has 4 heterocycles. The van der Waals surface area contributed by atoms with Crippen LogP contribution in [0.25, 0.3) is 22.1 Å². The molecule has 6 aromatic rings. The van der Waals surface area contributed by atoms with E-state index >= 15 is 0 Å². The average Bonchev–Trinajstić information content (AvgIpc) is 3.57. The van der Waals surface area contributed by atoms with Crippen LogP contribution in [0.5, 0.6) is 0 Å². The highest BCUT2D eigenvalue weighted by molar-refractivity contribution is 6.04. The molecule has 0 radical (unpaired) electrons. The minimum Gasteiger partial charge on any atom is -0.383 e. The Morgan fingerprint density at radius 3 is 2.59 bits per heavy atom. The van der Waals surface area contributed by atoms with Gasteiger partial charge in [0.1, 0.15) is 17.7 Å². The molecule has 0 aliphatic carbocycles. The number of aromatic nitrogens is 6. The summed E-state index contributed by atoms with van der Waals surface area (Å²) in [6.07, 6.45) is 6.48. The van der Waals surface area contributed by atoms with Crippen LogP contribution in [-0.4, -0.2) is 34.6 Å². The van der Waals surface area contributed by atoms with Gasteiger partial charge in [0.05, 0.1) is 28.9 Å². The smallest absolute Gasteiger partial charge is 0.264 e. The van der Waals surface area contributed by atoms with Crippen molar-refractivity contribution in [2.24, 2.45) is 7.05 Å². The molecule has 0 aliphatic rings. The van der Waals surface area contributed by atoms with E-state index in [9.17, 15) is 9.59 Å². The Morgan fingerprint density at radius 2 is 1.83 bits per heavy atom. The molecule has 202 valence electrons. The molecule has 0 spiro atoms. The van der Waals surface area contributed by atoms with E-state index in [1.807, 2.05) is 75.5 Å². The largest absolute Gasteiger partial charge is 0.383 e. The van der Waals surface area contributed by atoms with E-state index in [1.54, 1.807) is 32.2 Å². The molecule has 0 bridgehead atoms. The number of nitrogens with one attached hydrogen (secondary N) is 1. The first-order valence-electron chi connectivity index (χ1n) is 13.0. The Labute approximate surface area is 235 Å². The van der Waals surface area contributed by atoms with Crippen molar-refractivity contribution < 1.29 is 4.79 Å². The predicted octanol–water partition coefficient (Wildman–Crippen LogP) is 3.55. The molecule has 0 aliphatic heterocycles. The van der Waals surface area contributed by atoms with Crippen LogP contribution in [0.2, 0.25) is 0 Å². The number of hydrogen-bond donors (Lipinski definition) is 2. The summed E-state index contributed by atoms with van der Waals surface area (Å²) in [6, 6.07) is 16.2. The highest BCUT2D eigenvalue weighted by atomic mass is 16.2. The summed E-state index contributed by atoms with van der Waals surface area (Å²) >= 11 is 0. The van der Waals surface area contributed by atoms with Gasteiger partial charge in [0, 0.05) is 36.4 Å². The first-order valence-corrected chi connectivity index (χ1v) is 13.0. The molecule has 2 aromatic carbocycles. The van der Waals surface area contributed by atoms with Gasteiger partial charge in [0.25, 0.3) is 11.5 Å². The molecule has 6 rings (SSSR count). The average molecular weight is 543 g/mol. The molecular formula is C31H26N8O2. The van der Waals surface area contributed by atoms with Crippen LogP contribution in [0.4, 0.5) is 5.82 Å². The van der Waals surface area contributed by atoms with E-state index in [0.717, 1.165) is 11.3 Å². The Bertz CT molecular complexity index is 2080. The maximum Gasteiger partial charge on any atom is 0.264 e. The first-order chi connectivity index (χ1) is 19.8. The monoisotopic (exact) mass is 542 g/mol. The number of hydrogen-bond acceptors (Lipinski definition) is 6. The van der Waals surface area contributed by atoms with Crippen molar-refractivity contribution in [1.82, 2.24) is 34.0 Å². The van der Waals surface area contributed by atoms with Gasteiger partial charge in [-0.3, -0.25) is 23.2 Å². The van der Waals surface area contributed by atoms with Crippen LogP contribution in [0.1, 0.15) is 45.8 Å². The third-order valence-corrected chi connectivity index (χ3v) is 7.14. The zero-order valence-electron chi connectivity index (χ0n) is 22.7. The molecule has 0 fully saturated rings. The molecule has 4 aromatic heterocycles. The summed E-state index contributed by atoms with van der Waals surface area (Å²) in [7, 11) is 1.86. The standard InChI is InChI=1S/C31H26N8O2/c1-19(36-30(40)27-28(32)34-18-38-15-14-33-29(27)38)25-16-22-9-7-8-21(12-13-23-17-35-37(3)20(23)2)26(22)31(41)39(25)24-10-5-4-6-11-24/h4-11,14-19H,32H2,1-3H3,(H,36,40)/t19-/m1/s1. The highest BCUT2D eigenvalue weighted by Gasteiger charge is 2.23. The van der Waals surface area contributed by atoms with Gasteiger partial charge in [0.2, 0.25) is 0 Å². The number of rotatable bonds is 4. The molecule has 41 heavy (non-hydrogen) atoms. The number of aryl methyl sites for hydroxylation is 1. The van der Waals surface area contributed by atoms with Gasteiger partial charge >= 0.3 is 0 Å². The first kappa shape index (κ1) is 25.6. The van der Waals surface area contributed by atoms with E-state index in [2.05, 4.69) is 32.2 Å². The van der Waals surface area contributed by atoms with Crippen LogP contribution in [0, 0.1) is 18.8 Å². The number of anilines is 1. The van der Waals surface area contributed by atoms with Gasteiger partial charge in [-0.05, 0) is 43.5 Å². The Kier molecular flexibility index (Phi) is 6.32. The molecular weight excluding hydrogens is 516 g/mol. The lowest BCUT2D eigenvalue weighted by atomic mass is 10.0. The lowest BCUT2D eigenvalue weighted by Crippen LogP contribution is -2.33. The van der Waals surface area contributed by atoms with E-state index in [1.165, 1.54) is 6.33 Å². The fourth-order valence-corrected chi connectivity index (χ4v) is 4.87. The molecule has 0 saturated carbocycles. The maximum atomic E-state index is 14.2. The molecule has 0 saturated heterocycles. The third kappa shape index (κ3) is 4.49. The van der Waals surface area contributed by atoms with Crippen LogP contribution in [-0.2, 0) is 7.05 Å². The van der Waals surface area contributed by atoms with Gasteiger partial charge in [-0.15, -0.1) is 0 Å². The van der Waals surface area contributed by atoms with Crippen molar-refractivity contribution in [3.8, 4) is 17.5 Å². The fourth-order valence-electron chi connectivity index (χ4n) is 4.87. The molecule has 10 heteroatoms. The van der Waals surface area contributed by atoms with Gasteiger partial charge in [-0.1, -0.05) is 42.2 Å². The van der Waals surface area contributed by atoms with Crippen LogP contribution in [0.15, 0.2) is 84.3 Å². The summed E-state index contributed by atoms with van der Waals surface area (Å²) < 4.78 is 5.00. The quantitative estimate of drug-likeness (QED) is 0.328. The van der Waals surface area contributed by atoms with Gasteiger partial charge in [-0.2, -0.15) is 5.10 Å². The second kappa shape index (κ2) is 10.1. The number of pyridine rings is 1. The van der Waals surface area contributed by atoms with Gasteiger partial charge in [-0.25, -0.2) is 9.97 Å². The number of nitrogens with two attached hydrogens (primary N) is 1. The molecule has 1 atom stereocenters. The normalized spacial score (nSPS) is 11.8. The van der Waals surface area contributed by atoms with E-state index in [4.69, 9.17) is 5.73 Å². The topological polar surface area (TPSA) is 125 Å². The van der Waals surface area contributed by atoms with Gasteiger partial charge in [0.15, 0.2) is 5.65 Å². The third-order valence-electron chi connectivity index (χ3n) is 7.14. The zero-order chi connectivity index (χ0) is 28.7. The summed E-state index contributed by atoms with van der Waals surface area (Å²) in [5.41, 5.74) is 10.00. The van der Waals surface area contributed by atoms with E-state index in [-0.39, 0.29) is 16.9 Å². The summed E-state index contributed by atoms with van der Waals surface area (Å²) in [5.74, 6) is 5.97. The summed E-state index contributed by atoms with van der Waals surface area (Å²) in [6.45, 7) is 3.77. The lowest BCUT2D eigenvalue weighted by Gasteiger charge is -2.21. The van der Waals surface area contributed by atoms with Crippen molar-refractivity contribution >= 4 is 28.1 Å². The molecule has 10 nitrogen and oxygen atoms in total. The summed E-state index contributed by atoms with van der Waals surface area (Å²) in [5, 5.41) is 8.45. The maximum absolute atomic E-state index is 14.2. The van der Waals surface area contributed by atoms with Crippen molar-refractivity contribution in [3.05, 3.63) is 118 Å².